The first-order valence-corrected chi connectivity index (χ1v) is 10.0. The SMILES string of the molecule is CC(C)OCCCN1C(=O)c2[nH]nc(-c3ccccc3O)c2C1c1ccc(F)cc1. The molecule has 2 aromatic carbocycles. The van der Waals surface area contributed by atoms with Crippen LogP contribution in [0.5, 0.6) is 5.75 Å². The Morgan fingerprint density at radius 1 is 1.20 bits per heavy atom. The van der Waals surface area contributed by atoms with Crippen molar-refractivity contribution in [2.45, 2.75) is 32.4 Å². The number of carbonyl (C=O) groups is 1. The fraction of sp³-hybridized carbons (Fsp3) is 0.304. The van der Waals surface area contributed by atoms with Gasteiger partial charge in [0.15, 0.2) is 0 Å². The van der Waals surface area contributed by atoms with Gasteiger partial charge < -0.3 is 14.7 Å². The lowest BCUT2D eigenvalue weighted by atomic mass is 9.95. The van der Waals surface area contributed by atoms with E-state index >= 15 is 0 Å². The lowest BCUT2D eigenvalue weighted by Gasteiger charge is -2.26. The standard InChI is InChI=1S/C23H24FN3O3/c1-14(2)30-13-5-12-27-22(15-8-10-16(24)11-9-15)19-20(25-26-21(19)23(27)29)17-6-3-4-7-18(17)28/h3-4,6-11,14,22,28H,5,12-13H2,1-2H3,(H,25,26). The van der Waals surface area contributed by atoms with Crippen molar-refractivity contribution in [3.05, 3.63) is 71.2 Å². The molecular weight excluding hydrogens is 385 g/mol. The minimum absolute atomic E-state index is 0.0842. The maximum Gasteiger partial charge on any atom is 0.273 e. The van der Waals surface area contributed by atoms with Crippen LogP contribution in [0.15, 0.2) is 48.5 Å². The molecule has 6 nitrogen and oxygen atoms in total. The Morgan fingerprint density at radius 2 is 1.93 bits per heavy atom. The number of nitrogens with zero attached hydrogens (tertiary/aromatic N) is 2. The van der Waals surface area contributed by atoms with Crippen molar-refractivity contribution in [1.82, 2.24) is 15.1 Å². The highest BCUT2D eigenvalue weighted by Gasteiger charge is 2.42. The molecule has 2 N–H and O–H groups in total. The molecule has 2 heterocycles. The molecule has 30 heavy (non-hydrogen) atoms. The summed E-state index contributed by atoms with van der Waals surface area (Å²) in [5.41, 5.74) is 2.93. The number of nitrogens with one attached hydrogen (secondary N) is 1. The van der Waals surface area contributed by atoms with Gasteiger partial charge in [-0.3, -0.25) is 9.89 Å². The average molecular weight is 409 g/mol. The van der Waals surface area contributed by atoms with E-state index in [0.29, 0.717) is 42.1 Å². The van der Waals surface area contributed by atoms with E-state index in [1.54, 1.807) is 41.3 Å². The average Bonchev–Trinajstić information content (AvgIpc) is 3.26. The van der Waals surface area contributed by atoms with E-state index in [1.807, 2.05) is 13.8 Å². The molecule has 1 unspecified atom stereocenters. The predicted molar refractivity (Wildman–Crippen MR) is 111 cm³/mol. The molecule has 1 aromatic heterocycles. The molecule has 4 rings (SSSR count). The van der Waals surface area contributed by atoms with Crippen molar-refractivity contribution in [1.29, 1.82) is 0 Å². The molecule has 0 bridgehead atoms. The molecule has 1 aliphatic rings. The van der Waals surface area contributed by atoms with E-state index in [9.17, 15) is 14.3 Å². The third kappa shape index (κ3) is 3.68. The maximum atomic E-state index is 13.6. The van der Waals surface area contributed by atoms with Gasteiger partial charge >= 0.3 is 0 Å². The summed E-state index contributed by atoms with van der Waals surface area (Å²) in [6.07, 6.45) is 0.794. The summed E-state index contributed by atoms with van der Waals surface area (Å²) >= 11 is 0. The van der Waals surface area contributed by atoms with Gasteiger partial charge in [0.25, 0.3) is 5.91 Å². The quantitative estimate of drug-likeness (QED) is 0.571. The number of aromatic hydroxyl groups is 1. The van der Waals surface area contributed by atoms with E-state index in [2.05, 4.69) is 10.2 Å². The summed E-state index contributed by atoms with van der Waals surface area (Å²) in [5.74, 6) is -0.424. The molecule has 0 fully saturated rings. The van der Waals surface area contributed by atoms with Gasteiger partial charge in [-0.2, -0.15) is 5.10 Å². The van der Waals surface area contributed by atoms with E-state index in [-0.39, 0.29) is 23.6 Å². The Morgan fingerprint density at radius 3 is 2.63 bits per heavy atom. The van der Waals surface area contributed by atoms with Gasteiger partial charge in [0.1, 0.15) is 23.0 Å². The van der Waals surface area contributed by atoms with Gasteiger partial charge in [0, 0.05) is 24.3 Å². The number of H-pyrrole nitrogens is 1. The molecule has 1 amide bonds. The third-order valence-corrected chi connectivity index (χ3v) is 5.20. The molecule has 0 radical (unpaired) electrons. The Hall–Kier alpha value is -3.19. The number of benzene rings is 2. The molecule has 0 aliphatic carbocycles. The number of fused-ring (bicyclic) bond motifs is 1. The van der Waals surface area contributed by atoms with Gasteiger partial charge in [0.05, 0.1) is 12.1 Å². The number of amides is 1. The summed E-state index contributed by atoms with van der Waals surface area (Å²) < 4.78 is 19.2. The Labute approximate surface area is 174 Å². The minimum Gasteiger partial charge on any atom is -0.507 e. The number of halogens is 1. The number of aromatic nitrogens is 2. The minimum atomic E-state index is -0.430. The largest absolute Gasteiger partial charge is 0.507 e. The van der Waals surface area contributed by atoms with E-state index in [0.717, 1.165) is 5.56 Å². The van der Waals surface area contributed by atoms with Crippen LogP contribution >= 0.6 is 0 Å². The molecule has 0 saturated carbocycles. The molecule has 7 heteroatoms. The number of carbonyl (C=O) groups excluding carboxylic acids is 1. The number of para-hydroxylation sites is 1. The Balaban J connectivity index is 1.74. The number of phenols is 1. The Bertz CT molecular complexity index is 1050. The van der Waals surface area contributed by atoms with Crippen LogP contribution < -0.4 is 0 Å². The molecular formula is C23H24FN3O3. The van der Waals surface area contributed by atoms with Gasteiger partial charge in [-0.15, -0.1) is 0 Å². The number of aromatic amines is 1. The van der Waals surface area contributed by atoms with Crippen molar-refractivity contribution in [2.24, 2.45) is 0 Å². The van der Waals surface area contributed by atoms with Gasteiger partial charge in [-0.25, -0.2) is 4.39 Å². The molecule has 0 saturated heterocycles. The number of phenolic OH excluding ortho intramolecular Hbond substituents is 1. The van der Waals surface area contributed by atoms with Crippen molar-refractivity contribution in [2.75, 3.05) is 13.2 Å². The fourth-order valence-corrected chi connectivity index (χ4v) is 3.85. The predicted octanol–water partition coefficient (Wildman–Crippen LogP) is 4.28. The second kappa shape index (κ2) is 8.28. The van der Waals surface area contributed by atoms with E-state index in [4.69, 9.17) is 4.74 Å². The summed E-state index contributed by atoms with van der Waals surface area (Å²) in [4.78, 5) is 14.9. The zero-order chi connectivity index (χ0) is 21.3. The monoisotopic (exact) mass is 409 g/mol. The first kappa shape index (κ1) is 20.1. The number of rotatable bonds is 7. The molecule has 0 spiro atoms. The first-order valence-electron chi connectivity index (χ1n) is 10.0. The van der Waals surface area contributed by atoms with Crippen LogP contribution in [0.25, 0.3) is 11.3 Å². The lowest BCUT2D eigenvalue weighted by molar-refractivity contribution is 0.0601. The summed E-state index contributed by atoms with van der Waals surface area (Å²) in [7, 11) is 0. The van der Waals surface area contributed by atoms with Crippen LogP contribution in [0.2, 0.25) is 0 Å². The fourth-order valence-electron chi connectivity index (χ4n) is 3.85. The zero-order valence-electron chi connectivity index (χ0n) is 16.9. The normalized spacial score (nSPS) is 15.8. The maximum absolute atomic E-state index is 13.6. The van der Waals surface area contributed by atoms with Crippen LogP contribution in [0.1, 0.15) is 47.9 Å². The molecule has 3 aromatic rings. The second-order valence-electron chi connectivity index (χ2n) is 7.60. The summed E-state index contributed by atoms with van der Waals surface area (Å²) in [6, 6.07) is 12.6. The van der Waals surface area contributed by atoms with Crippen LogP contribution in [-0.2, 0) is 4.74 Å². The van der Waals surface area contributed by atoms with Crippen molar-refractivity contribution in [3.63, 3.8) is 0 Å². The van der Waals surface area contributed by atoms with Gasteiger partial charge in [-0.1, -0.05) is 24.3 Å². The van der Waals surface area contributed by atoms with Crippen LogP contribution in [0.3, 0.4) is 0 Å². The van der Waals surface area contributed by atoms with Crippen LogP contribution in [0.4, 0.5) is 4.39 Å². The highest BCUT2D eigenvalue weighted by molar-refractivity contribution is 6.00. The summed E-state index contributed by atoms with van der Waals surface area (Å²) in [5, 5.41) is 17.5. The first-order chi connectivity index (χ1) is 14.5. The molecule has 1 aliphatic heterocycles. The lowest BCUT2D eigenvalue weighted by Crippen LogP contribution is -2.31. The topological polar surface area (TPSA) is 78.5 Å². The van der Waals surface area contributed by atoms with E-state index < -0.39 is 6.04 Å². The van der Waals surface area contributed by atoms with Crippen molar-refractivity contribution in [3.8, 4) is 17.0 Å². The summed E-state index contributed by atoms with van der Waals surface area (Å²) in [6.45, 7) is 4.96. The smallest absolute Gasteiger partial charge is 0.273 e. The third-order valence-electron chi connectivity index (χ3n) is 5.20. The number of hydrogen-bond donors (Lipinski definition) is 2. The Kier molecular flexibility index (Phi) is 5.55. The van der Waals surface area contributed by atoms with Crippen molar-refractivity contribution < 1.29 is 19.0 Å². The van der Waals surface area contributed by atoms with Crippen LogP contribution in [0, 0.1) is 5.82 Å². The second-order valence-corrected chi connectivity index (χ2v) is 7.60. The molecule has 1 atom stereocenters. The number of ether oxygens (including phenoxy) is 1. The zero-order valence-corrected chi connectivity index (χ0v) is 16.9. The van der Waals surface area contributed by atoms with Gasteiger partial charge in [0.2, 0.25) is 0 Å². The van der Waals surface area contributed by atoms with Crippen molar-refractivity contribution >= 4 is 5.91 Å². The van der Waals surface area contributed by atoms with E-state index in [1.165, 1.54) is 12.1 Å². The van der Waals surface area contributed by atoms with Gasteiger partial charge in [-0.05, 0) is 50.1 Å². The highest BCUT2D eigenvalue weighted by atomic mass is 19.1. The van der Waals surface area contributed by atoms with Crippen LogP contribution in [-0.4, -0.2) is 45.4 Å². The highest BCUT2D eigenvalue weighted by Crippen LogP contribution is 2.44. The molecule has 156 valence electrons. The number of hydrogen-bond acceptors (Lipinski definition) is 4.